The molecule has 2 aromatic carbocycles. The van der Waals surface area contributed by atoms with E-state index in [0.29, 0.717) is 17.0 Å². The van der Waals surface area contributed by atoms with E-state index in [1.54, 1.807) is 6.07 Å². The molecule has 0 aliphatic carbocycles. The second-order valence-corrected chi connectivity index (χ2v) is 8.81. The van der Waals surface area contributed by atoms with Crippen molar-refractivity contribution in [3.05, 3.63) is 81.5 Å². The Morgan fingerprint density at radius 3 is 2.29 bits per heavy atom. The fourth-order valence-corrected chi connectivity index (χ4v) is 5.32. The van der Waals surface area contributed by atoms with Gasteiger partial charge in [0.15, 0.2) is 0 Å². The number of rotatable bonds is 5. The van der Waals surface area contributed by atoms with E-state index in [1.807, 2.05) is 68.4 Å². The van der Waals surface area contributed by atoms with E-state index >= 15 is 0 Å². The van der Waals surface area contributed by atoms with E-state index in [-0.39, 0.29) is 0 Å². The molecule has 0 saturated carbocycles. The summed E-state index contributed by atoms with van der Waals surface area (Å²) in [5.74, 6) is 0. The SMILES string of the molecule is Cc1cc(S(=O)(=O)Nc2ccccc2Cc2ccccc2)c(C)s1. The van der Waals surface area contributed by atoms with E-state index in [1.165, 1.54) is 11.3 Å². The van der Waals surface area contributed by atoms with Gasteiger partial charge in [0.2, 0.25) is 0 Å². The van der Waals surface area contributed by atoms with Crippen LogP contribution in [0, 0.1) is 13.8 Å². The molecule has 1 N–H and O–H groups in total. The normalized spacial score (nSPS) is 11.4. The fourth-order valence-electron chi connectivity index (χ4n) is 2.66. The van der Waals surface area contributed by atoms with Crippen molar-refractivity contribution in [1.82, 2.24) is 0 Å². The van der Waals surface area contributed by atoms with Gasteiger partial charge in [-0.2, -0.15) is 0 Å². The molecule has 1 aromatic heterocycles. The van der Waals surface area contributed by atoms with Gasteiger partial charge in [-0.15, -0.1) is 11.3 Å². The Morgan fingerprint density at radius 2 is 1.62 bits per heavy atom. The van der Waals surface area contributed by atoms with Crippen molar-refractivity contribution in [3.8, 4) is 0 Å². The monoisotopic (exact) mass is 357 g/mol. The number of para-hydroxylation sites is 1. The Hall–Kier alpha value is -2.11. The summed E-state index contributed by atoms with van der Waals surface area (Å²) < 4.78 is 28.2. The lowest BCUT2D eigenvalue weighted by Crippen LogP contribution is -2.14. The van der Waals surface area contributed by atoms with Crippen molar-refractivity contribution in [2.45, 2.75) is 25.2 Å². The topological polar surface area (TPSA) is 46.2 Å². The van der Waals surface area contributed by atoms with Gasteiger partial charge in [-0.05, 0) is 43.5 Å². The van der Waals surface area contributed by atoms with Gasteiger partial charge < -0.3 is 0 Å². The standard InChI is InChI=1S/C19H19NO2S2/c1-14-12-19(15(2)23-14)24(21,22)20-18-11-7-6-10-17(18)13-16-8-4-3-5-9-16/h3-12,20H,13H2,1-2H3. The molecule has 0 saturated heterocycles. The van der Waals surface area contributed by atoms with Crippen molar-refractivity contribution in [2.24, 2.45) is 0 Å². The van der Waals surface area contributed by atoms with Crippen molar-refractivity contribution < 1.29 is 8.42 Å². The van der Waals surface area contributed by atoms with Crippen molar-refractivity contribution in [2.75, 3.05) is 4.72 Å². The highest BCUT2D eigenvalue weighted by Crippen LogP contribution is 2.28. The molecule has 0 aliphatic rings. The highest BCUT2D eigenvalue weighted by atomic mass is 32.2. The molecule has 0 unspecified atom stereocenters. The number of nitrogens with one attached hydrogen (secondary N) is 1. The highest BCUT2D eigenvalue weighted by molar-refractivity contribution is 7.93. The summed E-state index contributed by atoms with van der Waals surface area (Å²) in [6.45, 7) is 3.75. The summed E-state index contributed by atoms with van der Waals surface area (Å²) in [6, 6.07) is 19.3. The first kappa shape index (κ1) is 16.7. The van der Waals surface area contributed by atoms with Crippen LogP contribution in [0.1, 0.15) is 20.9 Å². The third-order valence-corrected chi connectivity index (χ3v) is 6.37. The summed E-state index contributed by atoms with van der Waals surface area (Å²) >= 11 is 1.49. The molecule has 124 valence electrons. The van der Waals surface area contributed by atoms with E-state index in [2.05, 4.69) is 4.72 Å². The number of sulfonamides is 1. The first-order valence-corrected chi connectivity index (χ1v) is 9.97. The molecule has 3 aromatic rings. The lowest BCUT2D eigenvalue weighted by Gasteiger charge is -2.12. The number of thiophene rings is 1. The van der Waals surface area contributed by atoms with Gasteiger partial charge in [0.05, 0.1) is 5.69 Å². The molecule has 0 atom stereocenters. The van der Waals surface area contributed by atoms with E-state index in [0.717, 1.165) is 20.9 Å². The summed E-state index contributed by atoms with van der Waals surface area (Å²) in [5, 5.41) is 0. The Labute approximate surface area is 147 Å². The van der Waals surface area contributed by atoms with Crippen LogP contribution in [0.15, 0.2) is 65.6 Å². The van der Waals surface area contributed by atoms with Gasteiger partial charge in [0, 0.05) is 9.75 Å². The summed E-state index contributed by atoms with van der Waals surface area (Å²) in [6.07, 6.45) is 0.682. The number of benzene rings is 2. The van der Waals surface area contributed by atoms with E-state index in [4.69, 9.17) is 0 Å². The minimum atomic E-state index is -3.58. The Balaban J connectivity index is 1.92. The van der Waals surface area contributed by atoms with Crippen molar-refractivity contribution in [1.29, 1.82) is 0 Å². The van der Waals surface area contributed by atoms with Crippen LogP contribution >= 0.6 is 11.3 Å². The fraction of sp³-hybridized carbons (Fsp3) is 0.158. The van der Waals surface area contributed by atoms with E-state index in [9.17, 15) is 8.42 Å². The molecule has 0 aliphatic heterocycles. The zero-order valence-electron chi connectivity index (χ0n) is 13.6. The molecule has 3 rings (SSSR count). The minimum absolute atomic E-state index is 0.361. The summed E-state index contributed by atoms with van der Waals surface area (Å²) in [4.78, 5) is 2.16. The predicted molar refractivity (Wildman–Crippen MR) is 100 cm³/mol. The third kappa shape index (κ3) is 3.68. The lowest BCUT2D eigenvalue weighted by atomic mass is 10.0. The molecule has 24 heavy (non-hydrogen) atoms. The maximum Gasteiger partial charge on any atom is 0.263 e. The molecular weight excluding hydrogens is 338 g/mol. The van der Waals surface area contributed by atoms with Gasteiger partial charge in [0.1, 0.15) is 4.90 Å². The second kappa shape index (κ2) is 6.79. The number of hydrogen-bond acceptors (Lipinski definition) is 3. The Kier molecular flexibility index (Phi) is 4.73. The van der Waals surface area contributed by atoms with Gasteiger partial charge in [-0.1, -0.05) is 48.5 Å². The molecule has 1 heterocycles. The van der Waals surface area contributed by atoms with Crippen LogP contribution in [0.3, 0.4) is 0 Å². The van der Waals surface area contributed by atoms with Crippen molar-refractivity contribution >= 4 is 27.0 Å². The van der Waals surface area contributed by atoms with Gasteiger partial charge >= 0.3 is 0 Å². The zero-order chi connectivity index (χ0) is 17.2. The first-order chi connectivity index (χ1) is 11.5. The summed E-state index contributed by atoms with van der Waals surface area (Å²) in [7, 11) is -3.58. The van der Waals surface area contributed by atoms with Gasteiger partial charge in [-0.25, -0.2) is 8.42 Å². The molecule has 0 amide bonds. The average Bonchev–Trinajstić information content (AvgIpc) is 2.90. The molecule has 0 fully saturated rings. The van der Waals surface area contributed by atoms with Crippen LogP contribution in [0.25, 0.3) is 0 Å². The summed E-state index contributed by atoms with van der Waals surface area (Å²) in [5.41, 5.74) is 2.73. The lowest BCUT2D eigenvalue weighted by molar-refractivity contribution is 0.601. The van der Waals surface area contributed by atoms with Crippen LogP contribution in [0.2, 0.25) is 0 Å². The Bertz CT molecular complexity index is 945. The largest absolute Gasteiger partial charge is 0.279 e. The number of aryl methyl sites for hydroxylation is 2. The average molecular weight is 358 g/mol. The molecule has 5 heteroatoms. The second-order valence-electron chi connectivity index (χ2n) is 5.70. The molecule has 0 bridgehead atoms. The van der Waals surface area contributed by atoms with Crippen molar-refractivity contribution in [3.63, 3.8) is 0 Å². The maximum atomic E-state index is 12.7. The quantitative estimate of drug-likeness (QED) is 0.716. The third-order valence-electron chi connectivity index (χ3n) is 3.78. The number of anilines is 1. The predicted octanol–water partition coefficient (Wildman–Crippen LogP) is 4.76. The van der Waals surface area contributed by atoms with Crippen LogP contribution in [0.4, 0.5) is 5.69 Å². The van der Waals surface area contributed by atoms with Crippen LogP contribution in [0.5, 0.6) is 0 Å². The smallest absolute Gasteiger partial charge is 0.263 e. The molecule has 3 nitrogen and oxygen atoms in total. The van der Waals surface area contributed by atoms with Gasteiger partial charge in [-0.3, -0.25) is 4.72 Å². The molecule has 0 spiro atoms. The maximum absolute atomic E-state index is 12.7. The highest BCUT2D eigenvalue weighted by Gasteiger charge is 2.20. The van der Waals surface area contributed by atoms with E-state index < -0.39 is 10.0 Å². The van der Waals surface area contributed by atoms with Crippen LogP contribution in [-0.4, -0.2) is 8.42 Å². The Morgan fingerprint density at radius 1 is 0.958 bits per heavy atom. The first-order valence-electron chi connectivity index (χ1n) is 7.67. The van der Waals surface area contributed by atoms with Crippen LogP contribution in [-0.2, 0) is 16.4 Å². The molecule has 0 radical (unpaired) electrons. The van der Waals surface area contributed by atoms with Gasteiger partial charge in [0.25, 0.3) is 10.0 Å². The number of hydrogen-bond donors (Lipinski definition) is 1. The van der Waals surface area contributed by atoms with Crippen LogP contribution < -0.4 is 4.72 Å². The zero-order valence-corrected chi connectivity index (χ0v) is 15.2. The minimum Gasteiger partial charge on any atom is -0.279 e. The molecular formula is C19H19NO2S2.